The first-order valence-corrected chi connectivity index (χ1v) is 7.47. The van der Waals surface area contributed by atoms with Gasteiger partial charge in [0.2, 0.25) is 11.7 Å². The predicted octanol–water partition coefficient (Wildman–Crippen LogP) is 3.45. The van der Waals surface area contributed by atoms with E-state index in [0.29, 0.717) is 16.8 Å². The first kappa shape index (κ1) is 14.8. The molecule has 1 N–H and O–H groups in total. The molecule has 1 saturated carbocycles. The third-order valence-corrected chi connectivity index (χ3v) is 4.96. The first-order chi connectivity index (χ1) is 9.78. The van der Waals surface area contributed by atoms with E-state index in [9.17, 15) is 0 Å². The highest BCUT2D eigenvalue weighted by atomic mass is 35.5. The van der Waals surface area contributed by atoms with Crippen LogP contribution < -0.4 is 5.32 Å². The largest absolute Gasteiger partial charge is 0.338 e. The molecule has 0 radical (unpaired) electrons. The Kier molecular flexibility index (Phi) is 3.95. The molecule has 0 spiro atoms. The van der Waals surface area contributed by atoms with Crippen molar-refractivity contribution in [2.45, 2.75) is 24.7 Å². The molecule has 2 fully saturated rings. The molecule has 0 bridgehead atoms. The second kappa shape index (κ2) is 5.59. The zero-order valence-electron chi connectivity index (χ0n) is 11.5. The van der Waals surface area contributed by atoms with E-state index in [1.54, 1.807) is 0 Å². The van der Waals surface area contributed by atoms with Crippen molar-refractivity contribution in [2.24, 2.45) is 5.92 Å². The molecule has 1 aromatic carbocycles. The lowest BCUT2D eigenvalue weighted by atomic mass is 9.80. The van der Waals surface area contributed by atoms with Crippen molar-refractivity contribution < 1.29 is 4.52 Å². The minimum absolute atomic E-state index is 0. The van der Waals surface area contributed by atoms with Crippen molar-refractivity contribution in [1.82, 2.24) is 15.5 Å². The summed E-state index contributed by atoms with van der Waals surface area (Å²) in [6.07, 6.45) is 3.64. The summed E-state index contributed by atoms with van der Waals surface area (Å²) in [7, 11) is 0. The Morgan fingerprint density at radius 3 is 3.14 bits per heavy atom. The van der Waals surface area contributed by atoms with E-state index in [-0.39, 0.29) is 17.8 Å². The van der Waals surface area contributed by atoms with Crippen molar-refractivity contribution in [3.8, 4) is 11.4 Å². The molecule has 1 aliphatic heterocycles. The fourth-order valence-electron chi connectivity index (χ4n) is 3.67. The van der Waals surface area contributed by atoms with Crippen molar-refractivity contribution in [3.05, 3.63) is 35.2 Å². The number of aromatic nitrogens is 2. The molecule has 1 aliphatic carbocycles. The minimum atomic E-state index is 0. The van der Waals surface area contributed by atoms with Gasteiger partial charge < -0.3 is 9.84 Å². The fraction of sp³-hybridized carbons (Fsp3) is 0.467. The van der Waals surface area contributed by atoms with E-state index in [4.69, 9.17) is 16.1 Å². The molecule has 112 valence electrons. The lowest BCUT2D eigenvalue weighted by molar-refractivity contribution is 0.265. The lowest BCUT2D eigenvalue weighted by Gasteiger charge is -2.22. The number of nitrogens with zero attached hydrogens (tertiary/aromatic N) is 2. The van der Waals surface area contributed by atoms with Crippen molar-refractivity contribution in [2.75, 3.05) is 13.1 Å². The van der Waals surface area contributed by atoms with Crippen molar-refractivity contribution >= 4 is 24.0 Å². The summed E-state index contributed by atoms with van der Waals surface area (Å²) in [4.78, 5) is 4.66. The van der Waals surface area contributed by atoms with E-state index in [1.807, 2.05) is 24.3 Å². The Morgan fingerprint density at radius 2 is 2.29 bits per heavy atom. The van der Waals surface area contributed by atoms with Crippen LogP contribution >= 0.6 is 24.0 Å². The van der Waals surface area contributed by atoms with Crippen LogP contribution in [0.25, 0.3) is 11.4 Å². The standard InChI is InChI=1S/C15H16ClN3O.ClH/c16-12-5-1-3-10(7-12)13-18-14(20-19-13)15-6-2-4-11(15)8-17-9-15;/h1,3,5,7,11,17H,2,4,6,8-9H2;1H/t11-,15-;/m1./s1. The molecule has 0 unspecified atom stereocenters. The van der Waals surface area contributed by atoms with Crippen LogP contribution in [-0.2, 0) is 5.41 Å². The van der Waals surface area contributed by atoms with Gasteiger partial charge in [0.25, 0.3) is 0 Å². The normalized spacial score (nSPS) is 27.4. The number of fused-ring (bicyclic) bond motifs is 1. The molecule has 2 heterocycles. The van der Waals surface area contributed by atoms with Crippen LogP contribution in [0.2, 0.25) is 5.02 Å². The molecule has 4 rings (SSSR count). The maximum absolute atomic E-state index is 6.02. The van der Waals surface area contributed by atoms with Crippen molar-refractivity contribution in [3.63, 3.8) is 0 Å². The number of hydrogen-bond donors (Lipinski definition) is 1. The van der Waals surface area contributed by atoms with Gasteiger partial charge in [-0.05, 0) is 37.4 Å². The van der Waals surface area contributed by atoms with E-state index in [2.05, 4.69) is 15.5 Å². The second-order valence-electron chi connectivity index (χ2n) is 5.81. The molecule has 4 nitrogen and oxygen atoms in total. The average molecular weight is 326 g/mol. The van der Waals surface area contributed by atoms with E-state index in [1.165, 1.54) is 12.8 Å². The molecule has 1 aromatic heterocycles. The summed E-state index contributed by atoms with van der Waals surface area (Å²) in [5, 5.41) is 8.32. The quantitative estimate of drug-likeness (QED) is 0.918. The molecule has 1 saturated heterocycles. The number of halogens is 2. The molecule has 2 aliphatic rings. The molecule has 2 atom stereocenters. The van der Waals surface area contributed by atoms with Gasteiger partial charge in [0.15, 0.2) is 0 Å². The maximum atomic E-state index is 6.02. The summed E-state index contributed by atoms with van der Waals surface area (Å²) in [5.74, 6) is 2.06. The van der Waals surface area contributed by atoms with Gasteiger partial charge in [0.05, 0.1) is 5.41 Å². The highest BCUT2D eigenvalue weighted by Gasteiger charge is 2.51. The van der Waals surface area contributed by atoms with Crippen LogP contribution in [-0.4, -0.2) is 23.2 Å². The zero-order chi connectivity index (χ0) is 13.6. The number of rotatable bonds is 2. The predicted molar refractivity (Wildman–Crippen MR) is 83.9 cm³/mol. The summed E-state index contributed by atoms with van der Waals surface area (Å²) in [5.41, 5.74) is 0.966. The molecule has 6 heteroatoms. The van der Waals surface area contributed by atoms with Crippen LogP contribution in [0.4, 0.5) is 0 Å². The average Bonchev–Trinajstić information content (AvgIpc) is 3.13. The Morgan fingerprint density at radius 1 is 1.38 bits per heavy atom. The van der Waals surface area contributed by atoms with Crippen LogP contribution in [0.15, 0.2) is 28.8 Å². The fourth-order valence-corrected chi connectivity index (χ4v) is 3.86. The lowest BCUT2D eigenvalue weighted by Crippen LogP contribution is -2.31. The zero-order valence-corrected chi connectivity index (χ0v) is 13.1. The third kappa shape index (κ3) is 2.35. The van der Waals surface area contributed by atoms with E-state index >= 15 is 0 Å². The van der Waals surface area contributed by atoms with Gasteiger partial charge in [-0.3, -0.25) is 0 Å². The first-order valence-electron chi connectivity index (χ1n) is 7.09. The summed E-state index contributed by atoms with van der Waals surface area (Å²) in [6.45, 7) is 2.02. The molecular weight excluding hydrogens is 309 g/mol. The highest BCUT2D eigenvalue weighted by Crippen LogP contribution is 2.47. The van der Waals surface area contributed by atoms with Crippen LogP contribution in [0.1, 0.15) is 25.2 Å². The Hall–Kier alpha value is -1.10. The Labute approximate surface area is 134 Å². The van der Waals surface area contributed by atoms with Gasteiger partial charge in [-0.15, -0.1) is 12.4 Å². The number of benzene rings is 1. The smallest absolute Gasteiger partial charge is 0.234 e. The van der Waals surface area contributed by atoms with Crippen LogP contribution in [0, 0.1) is 5.92 Å². The highest BCUT2D eigenvalue weighted by molar-refractivity contribution is 6.30. The van der Waals surface area contributed by atoms with Crippen molar-refractivity contribution in [1.29, 1.82) is 0 Å². The van der Waals surface area contributed by atoms with Crippen LogP contribution in [0.5, 0.6) is 0 Å². The van der Waals surface area contributed by atoms with Gasteiger partial charge in [0, 0.05) is 17.1 Å². The van der Waals surface area contributed by atoms with Gasteiger partial charge in [-0.25, -0.2) is 0 Å². The second-order valence-corrected chi connectivity index (χ2v) is 6.25. The SMILES string of the molecule is Cl.Clc1cccc(-c2noc([C@@]34CCC[C@@H]3CNC4)n2)c1. The minimum Gasteiger partial charge on any atom is -0.338 e. The monoisotopic (exact) mass is 325 g/mol. The van der Waals surface area contributed by atoms with Gasteiger partial charge in [-0.2, -0.15) is 4.98 Å². The third-order valence-electron chi connectivity index (χ3n) is 4.72. The molecular formula is C15H17Cl2N3O. The summed E-state index contributed by atoms with van der Waals surface area (Å²) >= 11 is 6.02. The van der Waals surface area contributed by atoms with Crippen LogP contribution in [0.3, 0.4) is 0 Å². The molecule has 21 heavy (non-hydrogen) atoms. The number of nitrogens with one attached hydrogen (secondary N) is 1. The summed E-state index contributed by atoms with van der Waals surface area (Å²) in [6, 6.07) is 7.57. The summed E-state index contributed by atoms with van der Waals surface area (Å²) < 4.78 is 5.60. The topological polar surface area (TPSA) is 51.0 Å². The Bertz CT molecular complexity index is 633. The van der Waals surface area contributed by atoms with E-state index in [0.717, 1.165) is 31.0 Å². The Balaban J connectivity index is 0.00000132. The van der Waals surface area contributed by atoms with E-state index < -0.39 is 0 Å². The molecule has 2 aromatic rings. The van der Waals surface area contributed by atoms with Gasteiger partial charge in [-0.1, -0.05) is 35.3 Å². The number of hydrogen-bond acceptors (Lipinski definition) is 4. The molecule has 0 amide bonds. The maximum Gasteiger partial charge on any atom is 0.234 e. The van der Waals surface area contributed by atoms with Gasteiger partial charge >= 0.3 is 0 Å². The van der Waals surface area contributed by atoms with Gasteiger partial charge in [0.1, 0.15) is 0 Å².